The number of hydrogen-bond acceptors (Lipinski definition) is 3. The van der Waals surface area contributed by atoms with Crippen LogP contribution in [0.3, 0.4) is 0 Å². The highest BCUT2D eigenvalue weighted by molar-refractivity contribution is 6.54. The van der Waals surface area contributed by atoms with Crippen LogP contribution >= 0.6 is 0 Å². The molecule has 4 heteroatoms. The topological polar surface area (TPSA) is 45.6 Å². The van der Waals surface area contributed by atoms with Crippen molar-refractivity contribution in [3.05, 3.63) is 66.5 Å². The molecule has 0 bridgehead atoms. The maximum atomic E-state index is 12.5. The average Bonchev–Trinajstić information content (AvgIpc) is 2.81. The van der Waals surface area contributed by atoms with Crippen molar-refractivity contribution in [2.24, 2.45) is 4.99 Å². The van der Waals surface area contributed by atoms with E-state index in [1.54, 1.807) is 24.3 Å². The number of para-hydroxylation sites is 1. The van der Waals surface area contributed by atoms with Crippen molar-refractivity contribution in [1.82, 2.24) is 4.98 Å². The number of carbonyl (C=O) groups excluding carboxylic acids is 1. The minimum Gasteiger partial charge on any atom is -0.309 e. The number of carbonyl (C=O) groups is 1. The number of nitrogens with zero attached hydrogens (tertiary/aromatic N) is 3. The lowest BCUT2D eigenvalue weighted by Crippen LogP contribution is -2.25. The van der Waals surface area contributed by atoms with Gasteiger partial charge in [0.1, 0.15) is 5.71 Å². The molecule has 2 aromatic carbocycles. The van der Waals surface area contributed by atoms with Gasteiger partial charge in [-0.1, -0.05) is 30.3 Å². The van der Waals surface area contributed by atoms with Crippen LogP contribution in [0, 0.1) is 0 Å². The summed E-state index contributed by atoms with van der Waals surface area (Å²) in [7, 11) is 1.77. The monoisotopic (exact) mass is 287 g/mol. The first kappa shape index (κ1) is 12.7. The van der Waals surface area contributed by atoms with Crippen molar-refractivity contribution < 1.29 is 4.79 Å². The molecule has 0 saturated carbocycles. The van der Waals surface area contributed by atoms with E-state index in [0.717, 1.165) is 27.7 Å². The van der Waals surface area contributed by atoms with Gasteiger partial charge in [0.25, 0.3) is 5.91 Å². The van der Waals surface area contributed by atoms with Crippen molar-refractivity contribution >= 4 is 33.8 Å². The number of anilines is 1. The fourth-order valence-corrected chi connectivity index (χ4v) is 2.78. The second kappa shape index (κ2) is 4.77. The van der Waals surface area contributed by atoms with Gasteiger partial charge in [0, 0.05) is 35.8 Å². The van der Waals surface area contributed by atoms with Crippen molar-refractivity contribution in [2.75, 3.05) is 11.9 Å². The molecule has 0 N–H and O–H groups in total. The van der Waals surface area contributed by atoms with Crippen molar-refractivity contribution in [3.8, 4) is 0 Å². The van der Waals surface area contributed by atoms with Gasteiger partial charge in [-0.05, 0) is 18.2 Å². The molecule has 0 fully saturated rings. The average molecular weight is 287 g/mol. The van der Waals surface area contributed by atoms with E-state index in [2.05, 4.69) is 9.98 Å². The number of amides is 1. The third-order valence-electron chi connectivity index (χ3n) is 3.92. The van der Waals surface area contributed by atoms with E-state index in [-0.39, 0.29) is 5.91 Å². The molecule has 0 saturated heterocycles. The number of pyridine rings is 1. The Morgan fingerprint density at radius 1 is 1.05 bits per heavy atom. The molecule has 1 amide bonds. The molecule has 0 radical (unpaired) electrons. The maximum Gasteiger partial charge on any atom is 0.277 e. The van der Waals surface area contributed by atoms with Gasteiger partial charge in [0.05, 0.1) is 11.4 Å². The first-order chi connectivity index (χ1) is 10.8. The normalized spacial score (nSPS) is 15.6. The van der Waals surface area contributed by atoms with E-state index in [9.17, 15) is 4.79 Å². The Morgan fingerprint density at radius 3 is 2.82 bits per heavy atom. The summed E-state index contributed by atoms with van der Waals surface area (Å²) in [6.07, 6.45) is 3.54. The van der Waals surface area contributed by atoms with Crippen LogP contribution in [0.25, 0.3) is 10.8 Å². The molecule has 2 heterocycles. The molecule has 1 aliphatic rings. The van der Waals surface area contributed by atoms with Crippen molar-refractivity contribution in [1.29, 1.82) is 0 Å². The van der Waals surface area contributed by atoms with Gasteiger partial charge in [-0.2, -0.15) is 0 Å². The van der Waals surface area contributed by atoms with Crippen LogP contribution in [0.5, 0.6) is 0 Å². The summed E-state index contributed by atoms with van der Waals surface area (Å²) >= 11 is 0. The lowest BCUT2D eigenvalue weighted by atomic mass is 10.1. The van der Waals surface area contributed by atoms with E-state index >= 15 is 0 Å². The molecule has 0 spiro atoms. The minimum atomic E-state index is -0.0766. The Labute approximate surface area is 127 Å². The first-order valence-corrected chi connectivity index (χ1v) is 7.04. The number of fused-ring (bicyclic) bond motifs is 2. The third kappa shape index (κ3) is 1.81. The van der Waals surface area contributed by atoms with E-state index in [1.807, 2.05) is 48.5 Å². The highest BCUT2D eigenvalue weighted by Gasteiger charge is 2.30. The Hall–Kier alpha value is -3.01. The highest BCUT2D eigenvalue weighted by atomic mass is 16.2. The standard InChI is InChI=1S/C18H13N3O/c1-21-16-8-3-2-6-14(16)17(18(21)22)20-15-7-4-5-12-11-19-10-9-13(12)15/h2-11H,1H3. The number of likely N-dealkylation sites (N-methyl/N-ethyl adjacent to an activating group) is 1. The summed E-state index contributed by atoms with van der Waals surface area (Å²) in [5, 5.41) is 2.00. The zero-order valence-corrected chi connectivity index (χ0v) is 12.0. The zero-order valence-electron chi connectivity index (χ0n) is 12.0. The van der Waals surface area contributed by atoms with Crippen molar-refractivity contribution in [3.63, 3.8) is 0 Å². The third-order valence-corrected chi connectivity index (χ3v) is 3.92. The Balaban J connectivity index is 1.94. The number of aromatic nitrogens is 1. The molecule has 1 aromatic heterocycles. The van der Waals surface area contributed by atoms with E-state index < -0.39 is 0 Å². The summed E-state index contributed by atoms with van der Waals surface area (Å²) in [4.78, 5) is 22.9. The predicted octanol–water partition coefficient (Wildman–Crippen LogP) is 3.33. The van der Waals surface area contributed by atoms with Crippen LogP contribution < -0.4 is 4.90 Å². The van der Waals surface area contributed by atoms with Gasteiger partial charge in [-0.3, -0.25) is 9.78 Å². The van der Waals surface area contributed by atoms with Gasteiger partial charge < -0.3 is 4.90 Å². The zero-order chi connectivity index (χ0) is 15.1. The van der Waals surface area contributed by atoms with Crippen LogP contribution in [0.4, 0.5) is 11.4 Å². The molecular formula is C18H13N3O. The smallest absolute Gasteiger partial charge is 0.277 e. The quantitative estimate of drug-likeness (QED) is 0.689. The molecule has 0 atom stereocenters. The van der Waals surface area contributed by atoms with Gasteiger partial charge in [-0.15, -0.1) is 0 Å². The molecule has 1 aliphatic heterocycles. The number of aliphatic imine (C=N–C) groups is 1. The molecule has 0 unspecified atom stereocenters. The highest BCUT2D eigenvalue weighted by Crippen LogP contribution is 2.31. The summed E-state index contributed by atoms with van der Waals surface area (Å²) in [5.41, 5.74) is 3.05. The summed E-state index contributed by atoms with van der Waals surface area (Å²) in [6.45, 7) is 0. The molecule has 22 heavy (non-hydrogen) atoms. The Morgan fingerprint density at radius 2 is 1.91 bits per heavy atom. The number of hydrogen-bond donors (Lipinski definition) is 0. The second-order valence-corrected chi connectivity index (χ2v) is 5.22. The Kier molecular flexibility index (Phi) is 2.76. The SMILES string of the molecule is CN1C(=O)C(=Nc2cccc3cnccc23)c2ccccc21. The van der Waals surface area contributed by atoms with Crippen LogP contribution in [0.1, 0.15) is 5.56 Å². The van der Waals surface area contributed by atoms with E-state index in [4.69, 9.17) is 0 Å². The first-order valence-electron chi connectivity index (χ1n) is 7.04. The van der Waals surface area contributed by atoms with Gasteiger partial charge >= 0.3 is 0 Å². The predicted molar refractivity (Wildman–Crippen MR) is 87.8 cm³/mol. The minimum absolute atomic E-state index is 0.0766. The van der Waals surface area contributed by atoms with Gasteiger partial charge in [-0.25, -0.2) is 4.99 Å². The summed E-state index contributed by atoms with van der Waals surface area (Å²) in [5.74, 6) is -0.0766. The molecule has 0 aliphatic carbocycles. The van der Waals surface area contributed by atoms with Crippen LogP contribution in [-0.2, 0) is 4.79 Å². The van der Waals surface area contributed by atoms with Crippen LogP contribution in [0.15, 0.2) is 65.9 Å². The fraction of sp³-hybridized carbons (Fsp3) is 0.0556. The fourth-order valence-electron chi connectivity index (χ4n) is 2.78. The van der Waals surface area contributed by atoms with Gasteiger partial charge in [0.2, 0.25) is 0 Å². The van der Waals surface area contributed by atoms with Gasteiger partial charge in [0.15, 0.2) is 0 Å². The maximum absolute atomic E-state index is 12.5. The lowest BCUT2D eigenvalue weighted by Gasteiger charge is -2.07. The van der Waals surface area contributed by atoms with Crippen LogP contribution in [-0.4, -0.2) is 23.7 Å². The molecule has 106 valence electrons. The van der Waals surface area contributed by atoms with Crippen molar-refractivity contribution in [2.45, 2.75) is 0 Å². The number of rotatable bonds is 1. The summed E-state index contributed by atoms with van der Waals surface area (Å²) in [6, 6.07) is 15.5. The van der Waals surface area contributed by atoms with Crippen LogP contribution in [0.2, 0.25) is 0 Å². The number of benzene rings is 2. The van der Waals surface area contributed by atoms with E-state index in [1.165, 1.54) is 0 Å². The Bertz CT molecular complexity index is 925. The van der Waals surface area contributed by atoms with E-state index in [0.29, 0.717) is 5.71 Å². The molecule has 4 nitrogen and oxygen atoms in total. The second-order valence-electron chi connectivity index (χ2n) is 5.22. The largest absolute Gasteiger partial charge is 0.309 e. The molecule has 3 aromatic rings. The lowest BCUT2D eigenvalue weighted by molar-refractivity contribution is -0.111. The summed E-state index contributed by atoms with van der Waals surface area (Å²) < 4.78 is 0. The molecular weight excluding hydrogens is 274 g/mol. The molecule has 4 rings (SSSR count).